The fourth-order valence-electron chi connectivity index (χ4n) is 1.70. The molecular weight excluding hydrogens is 301 g/mol. The molecule has 5 heteroatoms. The van der Waals surface area contributed by atoms with E-state index in [0.717, 1.165) is 5.56 Å². The standard InChI is InChI=1S/C13H17BrFNO2/c1-4-18-13(17)8-12(16(2)3)9-5-6-10(14)11(15)7-9/h5-7,12H,4,8H2,1-3H3. The van der Waals surface area contributed by atoms with E-state index in [1.807, 2.05) is 19.0 Å². The molecule has 1 rings (SSSR count). The van der Waals surface area contributed by atoms with Crippen molar-refractivity contribution in [2.45, 2.75) is 19.4 Å². The zero-order chi connectivity index (χ0) is 13.7. The molecule has 1 unspecified atom stereocenters. The molecule has 1 aromatic rings. The summed E-state index contributed by atoms with van der Waals surface area (Å²) in [7, 11) is 3.70. The maximum absolute atomic E-state index is 13.5. The lowest BCUT2D eigenvalue weighted by molar-refractivity contribution is -0.144. The van der Waals surface area contributed by atoms with Crippen LogP contribution in [0.25, 0.3) is 0 Å². The minimum absolute atomic E-state index is 0.188. The van der Waals surface area contributed by atoms with Crippen LogP contribution in [0.3, 0.4) is 0 Å². The summed E-state index contributed by atoms with van der Waals surface area (Å²) in [6, 6.07) is 4.70. The second-order valence-corrected chi connectivity index (χ2v) is 5.02. The van der Waals surface area contributed by atoms with Crippen molar-refractivity contribution in [2.24, 2.45) is 0 Å². The third-order valence-electron chi connectivity index (χ3n) is 2.62. The number of hydrogen-bond donors (Lipinski definition) is 0. The minimum atomic E-state index is -0.330. The number of esters is 1. The molecule has 0 saturated carbocycles. The predicted molar refractivity (Wildman–Crippen MR) is 71.8 cm³/mol. The first-order valence-corrected chi connectivity index (χ1v) is 6.52. The van der Waals surface area contributed by atoms with Gasteiger partial charge in [-0.1, -0.05) is 6.07 Å². The zero-order valence-corrected chi connectivity index (χ0v) is 12.3. The Morgan fingerprint density at radius 3 is 2.67 bits per heavy atom. The first-order valence-electron chi connectivity index (χ1n) is 5.72. The molecule has 0 aliphatic rings. The fraction of sp³-hybridized carbons (Fsp3) is 0.462. The van der Waals surface area contributed by atoms with Crippen molar-refractivity contribution in [2.75, 3.05) is 20.7 Å². The lowest BCUT2D eigenvalue weighted by Crippen LogP contribution is -2.24. The average molecular weight is 318 g/mol. The fourth-order valence-corrected chi connectivity index (χ4v) is 1.94. The van der Waals surface area contributed by atoms with E-state index in [1.165, 1.54) is 6.07 Å². The topological polar surface area (TPSA) is 29.5 Å². The normalized spacial score (nSPS) is 12.6. The van der Waals surface area contributed by atoms with Crippen molar-refractivity contribution in [3.63, 3.8) is 0 Å². The van der Waals surface area contributed by atoms with E-state index < -0.39 is 0 Å². The third kappa shape index (κ3) is 4.07. The molecule has 0 amide bonds. The van der Waals surface area contributed by atoms with E-state index in [-0.39, 0.29) is 24.2 Å². The monoisotopic (exact) mass is 317 g/mol. The number of benzene rings is 1. The van der Waals surface area contributed by atoms with Gasteiger partial charge in [-0.3, -0.25) is 4.79 Å². The Bertz CT molecular complexity index is 423. The highest BCUT2D eigenvalue weighted by atomic mass is 79.9. The molecule has 0 spiro atoms. The van der Waals surface area contributed by atoms with Crippen LogP contribution in [0.5, 0.6) is 0 Å². The number of carbonyl (C=O) groups excluding carboxylic acids is 1. The van der Waals surface area contributed by atoms with Gasteiger partial charge in [0.25, 0.3) is 0 Å². The lowest BCUT2D eigenvalue weighted by Gasteiger charge is -2.24. The summed E-state index contributed by atoms with van der Waals surface area (Å²) in [5, 5.41) is 0. The number of ether oxygens (including phenoxy) is 1. The lowest BCUT2D eigenvalue weighted by atomic mass is 10.0. The Morgan fingerprint density at radius 1 is 1.50 bits per heavy atom. The van der Waals surface area contributed by atoms with Crippen LogP contribution < -0.4 is 0 Å². The Labute approximate surface area is 115 Å². The van der Waals surface area contributed by atoms with Crippen LogP contribution in [0.4, 0.5) is 4.39 Å². The highest BCUT2D eigenvalue weighted by Crippen LogP contribution is 2.26. The van der Waals surface area contributed by atoms with Crippen LogP contribution >= 0.6 is 15.9 Å². The van der Waals surface area contributed by atoms with Gasteiger partial charge in [0.15, 0.2) is 0 Å². The van der Waals surface area contributed by atoms with Gasteiger partial charge >= 0.3 is 5.97 Å². The van der Waals surface area contributed by atoms with E-state index in [4.69, 9.17) is 4.74 Å². The van der Waals surface area contributed by atoms with Crippen molar-refractivity contribution in [3.05, 3.63) is 34.1 Å². The predicted octanol–water partition coefficient (Wildman–Crippen LogP) is 3.14. The smallest absolute Gasteiger partial charge is 0.307 e. The third-order valence-corrected chi connectivity index (χ3v) is 3.26. The van der Waals surface area contributed by atoms with Crippen molar-refractivity contribution >= 4 is 21.9 Å². The van der Waals surface area contributed by atoms with E-state index in [1.54, 1.807) is 19.1 Å². The van der Waals surface area contributed by atoms with Gasteiger partial charge in [0, 0.05) is 6.04 Å². The molecule has 1 aromatic carbocycles. The van der Waals surface area contributed by atoms with Crippen molar-refractivity contribution in [3.8, 4) is 0 Å². The highest BCUT2D eigenvalue weighted by Gasteiger charge is 2.20. The van der Waals surface area contributed by atoms with E-state index in [0.29, 0.717) is 11.1 Å². The van der Waals surface area contributed by atoms with E-state index in [2.05, 4.69) is 15.9 Å². The molecular formula is C13H17BrFNO2. The van der Waals surface area contributed by atoms with Gasteiger partial charge in [-0.15, -0.1) is 0 Å². The largest absolute Gasteiger partial charge is 0.466 e. The van der Waals surface area contributed by atoms with Gasteiger partial charge in [0.2, 0.25) is 0 Å². The van der Waals surface area contributed by atoms with Crippen LogP contribution in [0.15, 0.2) is 22.7 Å². The SMILES string of the molecule is CCOC(=O)CC(c1ccc(Br)c(F)c1)N(C)C. The number of hydrogen-bond acceptors (Lipinski definition) is 3. The molecule has 0 aromatic heterocycles. The molecule has 0 aliphatic heterocycles. The summed E-state index contributed by atoms with van der Waals surface area (Å²) in [6.07, 6.45) is 0.210. The van der Waals surface area contributed by atoms with Gasteiger partial charge in [-0.2, -0.15) is 0 Å². The highest BCUT2D eigenvalue weighted by molar-refractivity contribution is 9.10. The van der Waals surface area contributed by atoms with E-state index >= 15 is 0 Å². The molecule has 0 fully saturated rings. The first kappa shape index (κ1) is 15.1. The molecule has 18 heavy (non-hydrogen) atoms. The maximum atomic E-state index is 13.5. The summed E-state index contributed by atoms with van der Waals surface area (Å²) >= 11 is 3.11. The second kappa shape index (κ2) is 6.85. The van der Waals surface area contributed by atoms with E-state index in [9.17, 15) is 9.18 Å². The summed E-state index contributed by atoms with van der Waals surface area (Å²) in [5.41, 5.74) is 0.758. The van der Waals surface area contributed by atoms with Crippen molar-refractivity contribution in [1.82, 2.24) is 4.90 Å². The molecule has 0 bridgehead atoms. The average Bonchev–Trinajstić information content (AvgIpc) is 2.30. The molecule has 0 radical (unpaired) electrons. The van der Waals surface area contributed by atoms with Gasteiger partial charge in [0.05, 0.1) is 17.5 Å². The number of carbonyl (C=O) groups is 1. The molecule has 0 aliphatic carbocycles. The molecule has 100 valence electrons. The van der Waals surface area contributed by atoms with Crippen LogP contribution in [-0.2, 0) is 9.53 Å². The van der Waals surface area contributed by atoms with Crippen LogP contribution in [0.2, 0.25) is 0 Å². The summed E-state index contributed by atoms with van der Waals surface area (Å²) in [4.78, 5) is 13.4. The summed E-state index contributed by atoms with van der Waals surface area (Å²) < 4.78 is 18.9. The minimum Gasteiger partial charge on any atom is -0.466 e. The molecule has 0 saturated heterocycles. The number of nitrogens with zero attached hydrogens (tertiary/aromatic N) is 1. The Hall–Kier alpha value is -0.940. The Kier molecular flexibility index (Phi) is 5.75. The number of halogens is 2. The van der Waals surface area contributed by atoms with Crippen LogP contribution in [0.1, 0.15) is 24.9 Å². The maximum Gasteiger partial charge on any atom is 0.307 e. The first-order chi connectivity index (χ1) is 8.45. The molecule has 0 heterocycles. The Balaban J connectivity index is 2.90. The summed E-state index contributed by atoms with van der Waals surface area (Å²) in [6.45, 7) is 2.12. The van der Waals surface area contributed by atoms with Crippen molar-refractivity contribution < 1.29 is 13.9 Å². The molecule has 3 nitrogen and oxygen atoms in total. The quantitative estimate of drug-likeness (QED) is 0.781. The molecule has 0 N–H and O–H groups in total. The van der Waals surface area contributed by atoms with Crippen molar-refractivity contribution in [1.29, 1.82) is 0 Å². The van der Waals surface area contributed by atoms with Gasteiger partial charge in [-0.25, -0.2) is 4.39 Å². The van der Waals surface area contributed by atoms with Crippen LogP contribution in [-0.4, -0.2) is 31.6 Å². The second-order valence-electron chi connectivity index (χ2n) is 4.16. The number of rotatable bonds is 5. The molecule has 1 atom stereocenters. The van der Waals surface area contributed by atoms with Gasteiger partial charge < -0.3 is 9.64 Å². The zero-order valence-electron chi connectivity index (χ0n) is 10.7. The summed E-state index contributed by atoms with van der Waals surface area (Å²) in [5.74, 6) is -0.609. The van der Waals surface area contributed by atoms with Gasteiger partial charge in [0.1, 0.15) is 5.82 Å². The van der Waals surface area contributed by atoms with Crippen LogP contribution in [0, 0.1) is 5.82 Å². The van der Waals surface area contributed by atoms with Gasteiger partial charge in [-0.05, 0) is 54.6 Å². The Morgan fingerprint density at radius 2 is 2.17 bits per heavy atom.